The smallest absolute Gasteiger partial charge is 0.284 e. The third-order valence-corrected chi connectivity index (χ3v) is 7.25. The fourth-order valence-corrected chi connectivity index (χ4v) is 5.09. The van der Waals surface area contributed by atoms with Gasteiger partial charge in [-0.1, -0.05) is 69.3 Å². The molecule has 0 bridgehead atoms. The highest BCUT2D eigenvalue weighted by Crippen LogP contribution is 2.23. The molecule has 0 aliphatic carbocycles. The number of hydrogen-bond acceptors (Lipinski definition) is 5. The molecule has 0 saturated heterocycles. The van der Waals surface area contributed by atoms with E-state index in [2.05, 4.69) is 72.0 Å². The second-order valence-corrected chi connectivity index (χ2v) is 12.7. The molecule has 0 spiro atoms. The number of rotatable bonds is 10. The van der Waals surface area contributed by atoms with Crippen LogP contribution in [0.15, 0.2) is 71.7 Å². The van der Waals surface area contributed by atoms with Crippen molar-refractivity contribution >= 4 is 15.7 Å². The number of benzene rings is 2. The first-order valence-electron chi connectivity index (χ1n) is 13.2. The Balaban J connectivity index is 1.39. The van der Waals surface area contributed by atoms with Crippen molar-refractivity contribution in [3.63, 3.8) is 0 Å². The van der Waals surface area contributed by atoms with Gasteiger partial charge in [0.15, 0.2) is 0 Å². The molecule has 206 valence electrons. The summed E-state index contributed by atoms with van der Waals surface area (Å²) < 4.78 is 28.9. The molecule has 2 aromatic heterocycles. The van der Waals surface area contributed by atoms with Crippen LogP contribution in [0.5, 0.6) is 0 Å². The summed E-state index contributed by atoms with van der Waals surface area (Å²) >= 11 is 0. The number of pyridine rings is 1. The van der Waals surface area contributed by atoms with Gasteiger partial charge >= 0.3 is 5.69 Å². The molecular weight excluding hydrogens is 510 g/mol. The lowest BCUT2D eigenvalue weighted by molar-refractivity contribution is 0.588. The zero-order chi connectivity index (χ0) is 28.2. The predicted octanol–water partition coefficient (Wildman–Crippen LogP) is 5.02. The van der Waals surface area contributed by atoms with Crippen molar-refractivity contribution in [3.8, 4) is 11.3 Å². The minimum Gasteiger partial charge on any atom is -0.284 e. The Bertz CT molecular complexity index is 1580. The lowest BCUT2D eigenvalue weighted by Gasteiger charge is -2.19. The number of hydrogen-bond donors (Lipinski definition) is 1. The molecule has 0 aliphatic heterocycles. The first-order valence-corrected chi connectivity index (χ1v) is 15.1. The van der Waals surface area contributed by atoms with E-state index in [0.717, 1.165) is 36.0 Å². The van der Waals surface area contributed by atoms with E-state index in [1.807, 2.05) is 19.1 Å². The SMILES string of the molecule is CCn1c(CCCc2ccc(-c3cc(NS(C)(=O)=O)ccn3)cc2)nn(Cc2ccc(C(C)(C)C)cc2)c1=O. The van der Waals surface area contributed by atoms with Crippen molar-refractivity contribution in [2.75, 3.05) is 11.0 Å². The summed E-state index contributed by atoms with van der Waals surface area (Å²) in [5.41, 5.74) is 5.60. The number of sulfonamides is 1. The summed E-state index contributed by atoms with van der Waals surface area (Å²) in [6, 6.07) is 19.8. The quantitative estimate of drug-likeness (QED) is 0.301. The first kappa shape index (κ1) is 28.3. The number of nitrogens with one attached hydrogen (secondary N) is 1. The first-order chi connectivity index (χ1) is 18.4. The Morgan fingerprint density at radius 1 is 0.923 bits per heavy atom. The highest BCUT2D eigenvalue weighted by atomic mass is 32.2. The van der Waals surface area contributed by atoms with Gasteiger partial charge in [-0.25, -0.2) is 17.9 Å². The van der Waals surface area contributed by atoms with Crippen molar-refractivity contribution in [1.82, 2.24) is 19.3 Å². The van der Waals surface area contributed by atoms with E-state index in [-0.39, 0.29) is 11.1 Å². The maximum Gasteiger partial charge on any atom is 0.346 e. The molecule has 4 aromatic rings. The van der Waals surface area contributed by atoms with Gasteiger partial charge in [0.2, 0.25) is 10.0 Å². The Labute approximate surface area is 230 Å². The van der Waals surface area contributed by atoms with Crippen LogP contribution in [-0.4, -0.2) is 34.0 Å². The zero-order valence-electron chi connectivity index (χ0n) is 23.3. The van der Waals surface area contributed by atoms with Crippen molar-refractivity contribution in [1.29, 1.82) is 0 Å². The molecule has 0 amide bonds. The molecule has 0 fully saturated rings. The largest absolute Gasteiger partial charge is 0.346 e. The zero-order valence-corrected chi connectivity index (χ0v) is 24.1. The van der Waals surface area contributed by atoms with Gasteiger partial charge in [0, 0.05) is 24.7 Å². The Kier molecular flexibility index (Phi) is 8.39. The Morgan fingerprint density at radius 3 is 2.21 bits per heavy atom. The summed E-state index contributed by atoms with van der Waals surface area (Å²) in [7, 11) is -3.35. The molecule has 1 N–H and O–H groups in total. The van der Waals surface area contributed by atoms with E-state index < -0.39 is 10.0 Å². The highest BCUT2D eigenvalue weighted by Gasteiger charge is 2.15. The number of nitrogens with zero attached hydrogens (tertiary/aromatic N) is 4. The molecular formula is C30H37N5O3S. The van der Waals surface area contributed by atoms with Crippen LogP contribution in [0.25, 0.3) is 11.3 Å². The van der Waals surface area contributed by atoms with E-state index in [1.165, 1.54) is 11.1 Å². The van der Waals surface area contributed by atoms with Crippen LogP contribution in [0.4, 0.5) is 5.69 Å². The Hall–Kier alpha value is -3.72. The molecule has 0 saturated carbocycles. The normalized spacial score (nSPS) is 12.0. The lowest BCUT2D eigenvalue weighted by atomic mass is 9.87. The minimum absolute atomic E-state index is 0.0724. The second-order valence-electron chi connectivity index (χ2n) is 10.9. The van der Waals surface area contributed by atoms with Crippen LogP contribution in [0, 0.1) is 0 Å². The highest BCUT2D eigenvalue weighted by molar-refractivity contribution is 7.92. The third kappa shape index (κ3) is 7.44. The molecule has 9 heteroatoms. The van der Waals surface area contributed by atoms with Crippen molar-refractivity contribution < 1.29 is 8.42 Å². The molecule has 39 heavy (non-hydrogen) atoms. The van der Waals surface area contributed by atoms with Crippen LogP contribution < -0.4 is 10.4 Å². The molecule has 4 rings (SSSR count). The number of aryl methyl sites for hydroxylation is 2. The summed E-state index contributed by atoms with van der Waals surface area (Å²) in [6.45, 7) is 9.59. The summed E-state index contributed by atoms with van der Waals surface area (Å²) in [5, 5.41) is 4.68. The van der Waals surface area contributed by atoms with Gasteiger partial charge < -0.3 is 0 Å². The van der Waals surface area contributed by atoms with Crippen molar-refractivity contribution in [2.45, 2.75) is 65.5 Å². The molecule has 0 unspecified atom stereocenters. The average molecular weight is 548 g/mol. The van der Waals surface area contributed by atoms with E-state index in [0.29, 0.717) is 30.9 Å². The maximum absolute atomic E-state index is 13.0. The van der Waals surface area contributed by atoms with Crippen LogP contribution in [0.1, 0.15) is 56.6 Å². The molecule has 0 aliphatic rings. The monoisotopic (exact) mass is 547 g/mol. The van der Waals surface area contributed by atoms with Crippen molar-refractivity contribution in [3.05, 3.63) is 99.9 Å². The minimum atomic E-state index is -3.35. The maximum atomic E-state index is 13.0. The summed E-state index contributed by atoms with van der Waals surface area (Å²) in [4.78, 5) is 17.3. The summed E-state index contributed by atoms with van der Waals surface area (Å²) in [6.07, 6.45) is 5.13. The number of anilines is 1. The standard InChI is InChI=1S/C30H37N5O3S/c1-6-34-28(32-35(29(34)36)21-23-12-16-25(17-13-23)30(2,3)4)9-7-8-22-10-14-24(15-11-22)27-20-26(18-19-31-27)33-39(5,37)38/h10-20H,6-9,21H2,1-5H3,(H,31,33). The molecule has 0 atom stereocenters. The van der Waals surface area contributed by atoms with Gasteiger partial charge in [-0.2, -0.15) is 5.10 Å². The number of aromatic nitrogens is 4. The van der Waals surface area contributed by atoms with E-state index in [9.17, 15) is 13.2 Å². The van der Waals surface area contributed by atoms with Gasteiger partial charge in [-0.3, -0.25) is 14.3 Å². The van der Waals surface area contributed by atoms with Gasteiger partial charge in [-0.05, 0) is 54.0 Å². The average Bonchev–Trinajstić information content (AvgIpc) is 3.17. The molecule has 2 aromatic carbocycles. The van der Waals surface area contributed by atoms with Gasteiger partial charge in [0.05, 0.1) is 24.2 Å². The predicted molar refractivity (Wildman–Crippen MR) is 157 cm³/mol. The van der Waals surface area contributed by atoms with E-state index in [1.54, 1.807) is 27.6 Å². The fourth-order valence-electron chi connectivity index (χ4n) is 4.53. The molecule has 8 nitrogen and oxygen atoms in total. The molecule has 2 heterocycles. The van der Waals surface area contributed by atoms with Gasteiger partial charge in [0.25, 0.3) is 0 Å². The lowest BCUT2D eigenvalue weighted by Crippen LogP contribution is -2.25. The van der Waals surface area contributed by atoms with Crippen LogP contribution >= 0.6 is 0 Å². The molecule has 0 radical (unpaired) electrons. The van der Waals surface area contributed by atoms with E-state index in [4.69, 9.17) is 0 Å². The Morgan fingerprint density at radius 2 is 1.59 bits per heavy atom. The second kappa shape index (κ2) is 11.6. The van der Waals surface area contributed by atoms with Crippen LogP contribution in [0.2, 0.25) is 0 Å². The third-order valence-electron chi connectivity index (χ3n) is 6.65. The van der Waals surface area contributed by atoms with Gasteiger partial charge in [0.1, 0.15) is 5.82 Å². The fraction of sp³-hybridized carbons (Fsp3) is 0.367. The van der Waals surface area contributed by atoms with Crippen LogP contribution in [0.3, 0.4) is 0 Å². The summed E-state index contributed by atoms with van der Waals surface area (Å²) in [5.74, 6) is 0.810. The van der Waals surface area contributed by atoms with E-state index >= 15 is 0 Å². The van der Waals surface area contributed by atoms with Gasteiger partial charge in [-0.15, -0.1) is 0 Å². The topological polar surface area (TPSA) is 98.9 Å². The van der Waals surface area contributed by atoms with Crippen LogP contribution in [-0.2, 0) is 41.4 Å². The van der Waals surface area contributed by atoms with Crippen molar-refractivity contribution in [2.24, 2.45) is 0 Å².